The van der Waals surface area contributed by atoms with Gasteiger partial charge in [-0.05, 0) is 19.1 Å². The van der Waals surface area contributed by atoms with E-state index in [0.717, 1.165) is 4.90 Å². The molecule has 9 nitrogen and oxygen atoms in total. The van der Waals surface area contributed by atoms with Crippen LogP contribution >= 0.6 is 0 Å². The number of hydrogen-bond donors (Lipinski definition) is 1. The summed E-state index contributed by atoms with van der Waals surface area (Å²) in [5.74, 6) is -2.53. The fourth-order valence-corrected chi connectivity index (χ4v) is 2.30. The van der Waals surface area contributed by atoms with Gasteiger partial charge < -0.3 is 9.26 Å². The summed E-state index contributed by atoms with van der Waals surface area (Å²) in [6, 6.07) is 7.77. The SMILES string of the molecule is Cc1cc(NC(=O)COC(=O)CN2C(=O)c3ccccc3C2=O)on1. The highest BCUT2D eigenvalue weighted by Crippen LogP contribution is 2.22. The minimum absolute atomic E-state index is 0.124. The van der Waals surface area contributed by atoms with Crippen molar-refractivity contribution in [2.45, 2.75) is 6.92 Å². The number of nitrogens with zero attached hydrogens (tertiary/aromatic N) is 2. The molecule has 9 heteroatoms. The molecule has 1 aromatic heterocycles. The molecule has 25 heavy (non-hydrogen) atoms. The van der Waals surface area contributed by atoms with E-state index in [4.69, 9.17) is 9.26 Å². The van der Waals surface area contributed by atoms with Crippen LogP contribution in [0.4, 0.5) is 5.88 Å². The Bertz CT molecular complexity index is 837. The summed E-state index contributed by atoms with van der Waals surface area (Å²) in [5.41, 5.74) is 1.05. The van der Waals surface area contributed by atoms with Gasteiger partial charge >= 0.3 is 5.97 Å². The van der Waals surface area contributed by atoms with Gasteiger partial charge in [-0.1, -0.05) is 17.3 Å². The molecule has 1 aliphatic heterocycles. The number of fused-ring (bicyclic) bond motifs is 1. The monoisotopic (exact) mass is 343 g/mol. The number of nitrogens with one attached hydrogen (secondary N) is 1. The van der Waals surface area contributed by atoms with E-state index in [-0.39, 0.29) is 17.0 Å². The molecule has 0 unspecified atom stereocenters. The largest absolute Gasteiger partial charge is 0.454 e. The average Bonchev–Trinajstić information content (AvgIpc) is 3.10. The zero-order valence-corrected chi connectivity index (χ0v) is 13.1. The van der Waals surface area contributed by atoms with Crippen LogP contribution in [0.1, 0.15) is 26.4 Å². The van der Waals surface area contributed by atoms with E-state index >= 15 is 0 Å². The predicted octanol–water partition coefficient (Wildman–Crippen LogP) is 0.761. The van der Waals surface area contributed by atoms with Gasteiger partial charge in [0.25, 0.3) is 17.7 Å². The van der Waals surface area contributed by atoms with E-state index in [1.54, 1.807) is 19.1 Å². The van der Waals surface area contributed by atoms with Gasteiger partial charge in [-0.3, -0.25) is 29.4 Å². The molecular formula is C16H13N3O6. The lowest BCUT2D eigenvalue weighted by Gasteiger charge is -2.12. The first-order valence-electron chi connectivity index (χ1n) is 7.29. The number of carbonyl (C=O) groups excluding carboxylic acids is 4. The molecule has 1 aliphatic rings. The molecule has 1 N–H and O–H groups in total. The van der Waals surface area contributed by atoms with E-state index < -0.39 is 36.8 Å². The molecule has 128 valence electrons. The molecule has 0 bridgehead atoms. The third-order valence-corrected chi connectivity index (χ3v) is 3.42. The fourth-order valence-electron chi connectivity index (χ4n) is 2.30. The number of hydrogen-bond acceptors (Lipinski definition) is 7. The quantitative estimate of drug-likeness (QED) is 0.629. The molecule has 3 amide bonds. The number of amides is 3. The van der Waals surface area contributed by atoms with Crippen LogP contribution in [0.2, 0.25) is 0 Å². The minimum Gasteiger partial charge on any atom is -0.454 e. The molecule has 0 fully saturated rings. The molecule has 0 atom stereocenters. The molecule has 1 aromatic carbocycles. The Morgan fingerprint density at radius 2 is 1.84 bits per heavy atom. The second-order valence-corrected chi connectivity index (χ2v) is 5.28. The second kappa shape index (κ2) is 6.56. The van der Waals surface area contributed by atoms with Crippen LogP contribution in [-0.4, -0.2) is 46.9 Å². The van der Waals surface area contributed by atoms with Crippen LogP contribution in [0.3, 0.4) is 0 Å². The lowest BCUT2D eigenvalue weighted by molar-refractivity contribution is -0.147. The summed E-state index contributed by atoms with van der Waals surface area (Å²) in [6.07, 6.45) is 0. The van der Waals surface area contributed by atoms with Crippen molar-refractivity contribution in [3.8, 4) is 0 Å². The Balaban J connectivity index is 1.52. The standard InChI is InChI=1S/C16H13N3O6/c1-9-6-13(25-18-9)17-12(20)8-24-14(21)7-19-15(22)10-4-2-3-5-11(10)16(19)23/h2-6H,7-8H2,1H3,(H,17,20). The maximum atomic E-state index is 12.1. The third kappa shape index (κ3) is 3.39. The van der Waals surface area contributed by atoms with E-state index in [1.165, 1.54) is 18.2 Å². The van der Waals surface area contributed by atoms with Crippen LogP contribution in [0.5, 0.6) is 0 Å². The van der Waals surface area contributed by atoms with Gasteiger partial charge in [0.1, 0.15) is 6.54 Å². The highest BCUT2D eigenvalue weighted by Gasteiger charge is 2.36. The van der Waals surface area contributed by atoms with E-state index in [2.05, 4.69) is 10.5 Å². The summed E-state index contributed by atoms with van der Waals surface area (Å²) < 4.78 is 9.57. The first-order chi connectivity index (χ1) is 12.0. The third-order valence-electron chi connectivity index (χ3n) is 3.42. The summed E-state index contributed by atoms with van der Waals surface area (Å²) in [4.78, 5) is 48.5. The number of imide groups is 1. The van der Waals surface area contributed by atoms with Crippen LogP contribution in [-0.2, 0) is 14.3 Å². The molecule has 3 rings (SSSR count). The normalized spacial score (nSPS) is 12.9. The number of anilines is 1. The lowest BCUT2D eigenvalue weighted by atomic mass is 10.1. The van der Waals surface area contributed by atoms with Crippen molar-refractivity contribution in [1.29, 1.82) is 0 Å². The Labute approximate surface area is 141 Å². The van der Waals surface area contributed by atoms with Gasteiger partial charge in [0.15, 0.2) is 6.61 Å². The summed E-state index contributed by atoms with van der Waals surface area (Å²) in [6.45, 7) is 0.532. The average molecular weight is 343 g/mol. The number of rotatable bonds is 5. The summed E-state index contributed by atoms with van der Waals surface area (Å²) in [7, 11) is 0. The summed E-state index contributed by atoms with van der Waals surface area (Å²) >= 11 is 0. The van der Waals surface area contributed by atoms with Crippen molar-refractivity contribution in [2.75, 3.05) is 18.5 Å². The van der Waals surface area contributed by atoms with Gasteiger partial charge in [-0.25, -0.2) is 0 Å². The molecule has 2 aromatic rings. The van der Waals surface area contributed by atoms with Gasteiger partial charge in [0.2, 0.25) is 5.88 Å². The predicted molar refractivity (Wildman–Crippen MR) is 82.6 cm³/mol. The Morgan fingerprint density at radius 1 is 1.20 bits per heavy atom. The second-order valence-electron chi connectivity index (χ2n) is 5.28. The van der Waals surface area contributed by atoms with Crippen molar-refractivity contribution in [3.05, 3.63) is 47.2 Å². The first-order valence-corrected chi connectivity index (χ1v) is 7.29. The van der Waals surface area contributed by atoms with Crippen LogP contribution in [0, 0.1) is 6.92 Å². The molecule has 0 aliphatic carbocycles. The highest BCUT2D eigenvalue weighted by atomic mass is 16.5. The van der Waals surface area contributed by atoms with Crippen LogP contribution < -0.4 is 5.32 Å². The van der Waals surface area contributed by atoms with Gasteiger partial charge in [0.05, 0.1) is 16.8 Å². The van der Waals surface area contributed by atoms with E-state index in [1.807, 2.05) is 0 Å². The maximum absolute atomic E-state index is 12.1. The van der Waals surface area contributed by atoms with Crippen LogP contribution in [0.15, 0.2) is 34.9 Å². The number of aromatic nitrogens is 1. The fraction of sp³-hybridized carbons (Fsp3) is 0.188. The van der Waals surface area contributed by atoms with E-state index in [9.17, 15) is 19.2 Å². The molecule has 0 radical (unpaired) electrons. The van der Waals surface area contributed by atoms with Gasteiger partial charge in [0, 0.05) is 6.07 Å². The highest BCUT2D eigenvalue weighted by molar-refractivity contribution is 6.22. The molecule has 2 heterocycles. The number of esters is 1. The van der Waals surface area contributed by atoms with Gasteiger partial charge in [-0.2, -0.15) is 0 Å². The number of benzene rings is 1. The smallest absolute Gasteiger partial charge is 0.326 e. The minimum atomic E-state index is -0.876. The molecular weight excluding hydrogens is 330 g/mol. The van der Waals surface area contributed by atoms with Crippen molar-refractivity contribution in [1.82, 2.24) is 10.1 Å². The first kappa shape index (κ1) is 16.4. The lowest BCUT2D eigenvalue weighted by Crippen LogP contribution is -2.36. The van der Waals surface area contributed by atoms with E-state index in [0.29, 0.717) is 5.69 Å². The van der Waals surface area contributed by atoms with Crippen molar-refractivity contribution < 1.29 is 28.4 Å². The Morgan fingerprint density at radius 3 is 2.40 bits per heavy atom. The Kier molecular flexibility index (Phi) is 4.29. The topological polar surface area (TPSA) is 119 Å². The van der Waals surface area contributed by atoms with Crippen molar-refractivity contribution >= 4 is 29.6 Å². The number of ether oxygens (including phenoxy) is 1. The summed E-state index contributed by atoms with van der Waals surface area (Å²) in [5, 5.41) is 5.94. The molecule has 0 saturated carbocycles. The number of carbonyl (C=O) groups is 4. The maximum Gasteiger partial charge on any atom is 0.326 e. The zero-order valence-electron chi connectivity index (χ0n) is 13.1. The number of aryl methyl sites for hydroxylation is 1. The van der Waals surface area contributed by atoms with Crippen molar-refractivity contribution in [2.24, 2.45) is 0 Å². The Hall–Kier alpha value is -3.49. The zero-order chi connectivity index (χ0) is 18.0. The molecule has 0 spiro atoms. The molecule has 0 saturated heterocycles. The van der Waals surface area contributed by atoms with Crippen LogP contribution in [0.25, 0.3) is 0 Å². The van der Waals surface area contributed by atoms with Gasteiger partial charge in [-0.15, -0.1) is 0 Å². The van der Waals surface area contributed by atoms with Crippen molar-refractivity contribution in [3.63, 3.8) is 0 Å².